The van der Waals surface area contributed by atoms with Crippen molar-refractivity contribution >= 4 is 5.69 Å². The summed E-state index contributed by atoms with van der Waals surface area (Å²) in [6.45, 7) is 4.16. The molecule has 0 spiro atoms. The third kappa shape index (κ3) is 1.71. The zero-order valence-corrected chi connectivity index (χ0v) is 7.59. The molecule has 4 heteroatoms. The predicted molar refractivity (Wildman–Crippen MR) is 46.6 cm³/mol. The van der Waals surface area contributed by atoms with Crippen molar-refractivity contribution in [1.29, 1.82) is 0 Å². The van der Waals surface area contributed by atoms with Crippen LogP contribution in [0.3, 0.4) is 0 Å². The highest BCUT2D eigenvalue weighted by molar-refractivity contribution is 5.45. The molecule has 12 heavy (non-hydrogen) atoms. The van der Waals surface area contributed by atoms with E-state index in [1.54, 1.807) is 7.11 Å². The molecule has 1 rings (SSSR count). The van der Waals surface area contributed by atoms with E-state index in [0.717, 1.165) is 11.4 Å². The Morgan fingerprint density at radius 1 is 1.25 bits per heavy atom. The van der Waals surface area contributed by atoms with Crippen LogP contribution >= 0.6 is 0 Å². The van der Waals surface area contributed by atoms with Crippen LogP contribution in [0.25, 0.3) is 0 Å². The van der Waals surface area contributed by atoms with Gasteiger partial charge in [-0.1, -0.05) is 0 Å². The Bertz CT molecular complexity index is 263. The molecule has 66 valence electrons. The van der Waals surface area contributed by atoms with E-state index in [2.05, 4.69) is 9.97 Å². The van der Waals surface area contributed by atoms with Crippen LogP contribution < -0.4 is 5.73 Å². The van der Waals surface area contributed by atoms with Gasteiger partial charge in [0.25, 0.3) is 0 Å². The fraction of sp³-hybridized carbons (Fsp3) is 0.500. The largest absolute Gasteiger partial charge is 0.396 e. The monoisotopic (exact) mass is 167 g/mol. The molecule has 0 atom stereocenters. The minimum Gasteiger partial charge on any atom is -0.396 e. The third-order valence-corrected chi connectivity index (χ3v) is 1.65. The molecule has 0 amide bonds. The summed E-state index contributed by atoms with van der Waals surface area (Å²) >= 11 is 0. The van der Waals surface area contributed by atoms with Gasteiger partial charge in [0, 0.05) is 7.11 Å². The minimum absolute atomic E-state index is 0.432. The van der Waals surface area contributed by atoms with Crippen molar-refractivity contribution in [3.63, 3.8) is 0 Å². The molecular formula is C8H13N3O. The molecule has 1 heterocycles. The quantitative estimate of drug-likeness (QED) is 0.708. The van der Waals surface area contributed by atoms with Gasteiger partial charge in [-0.25, -0.2) is 9.97 Å². The van der Waals surface area contributed by atoms with Crippen LogP contribution in [0.5, 0.6) is 0 Å². The Morgan fingerprint density at radius 2 is 1.75 bits per heavy atom. The van der Waals surface area contributed by atoms with Crippen LogP contribution in [0.15, 0.2) is 0 Å². The van der Waals surface area contributed by atoms with E-state index in [4.69, 9.17) is 10.5 Å². The maximum atomic E-state index is 5.68. The molecule has 0 fully saturated rings. The normalized spacial score (nSPS) is 10.2. The summed E-state index contributed by atoms with van der Waals surface area (Å²) in [4.78, 5) is 8.32. The first kappa shape index (κ1) is 8.93. The van der Waals surface area contributed by atoms with Gasteiger partial charge in [0.2, 0.25) is 0 Å². The number of rotatable bonds is 2. The van der Waals surface area contributed by atoms with E-state index in [1.165, 1.54) is 0 Å². The maximum Gasteiger partial charge on any atom is 0.154 e. The molecule has 4 nitrogen and oxygen atoms in total. The van der Waals surface area contributed by atoms with Crippen LogP contribution in [0.4, 0.5) is 5.69 Å². The smallest absolute Gasteiger partial charge is 0.154 e. The minimum atomic E-state index is 0.432. The molecular weight excluding hydrogens is 154 g/mol. The lowest BCUT2D eigenvalue weighted by atomic mass is 10.3. The molecule has 0 radical (unpaired) electrons. The lowest BCUT2D eigenvalue weighted by Gasteiger charge is -2.05. The van der Waals surface area contributed by atoms with Gasteiger partial charge in [-0.3, -0.25) is 0 Å². The number of hydrogen-bond donors (Lipinski definition) is 1. The van der Waals surface area contributed by atoms with E-state index >= 15 is 0 Å². The van der Waals surface area contributed by atoms with Gasteiger partial charge in [-0.2, -0.15) is 0 Å². The van der Waals surface area contributed by atoms with Crippen molar-refractivity contribution in [3.8, 4) is 0 Å². The van der Waals surface area contributed by atoms with Crippen molar-refractivity contribution in [2.45, 2.75) is 20.5 Å². The zero-order chi connectivity index (χ0) is 9.14. The molecule has 1 aromatic rings. The van der Waals surface area contributed by atoms with Crippen molar-refractivity contribution in [1.82, 2.24) is 9.97 Å². The van der Waals surface area contributed by atoms with Crippen LogP contribution in [0, 0.1) is 13.8 Å². The van der Waals surface area contributed by atoms with Gasteiger partial charge >= 0.3 is 0 Å². The highest BCUT2D eigenvalue weighted by atomic mass is 16.5. The number of nitrogen functional groups attached to an aromatic ring is 1. The molecule has 0 saturated carbocycles. The molecule has 0 aliphatic carbocycles. The Morgan fingerprint density at radius 3 is 2.17 bits per heavy atom. The summed E-state index contributed by atoms with van der Waals surface area (Å²) in [7, 11) is 1.62. The van der Waals surface area contributed by atoms with Crippen LogP contribution in [0.1, 0.15) is 17.2 Å². The second-order valence-corrected chi connectivity index (χ2v) is 2.66. The van der Waals surface area contributed by atoms with E-state index < -0.39 is 0 Å². The lowest BCUT2D eigenvalue weighted by Crippen LogP contribution is -2.05. The van der Waals surface area contributed by atoms with Gasteiger partial charge in [0.1, 0.15) is 6.61 Å². The number of anilines is 1. The van der Waals surface area contributed by atoms with Crippen LogP contribution in [-0.4, -0.2) is 17.1 Å². The number of aryl methyl sites for hydroxylation is 2. The number of nitrogens with two attached hydrogens (primary N) is 1. The van der Waals surface area contributed by atoms with E-state index in [1.807, 2.05) is 13.8 Å². The van der Waals surface area contributed by atoms with Gasteiger partial charge in [-0.05, 0) is 13.8 Å². The van der Waals surface area contributed by atoms with E-state index in [0.29, 0.717) is 18.1 Å². The molecule has 0 aromatic carbocycles. The Kier molecular flexibility index (Phi) is 2.60. The molecule has 0 unspecified atom stereocenters. The maximum absolute atomic E-state index is 5.68. The van der Waals surface area contributed by atoms with Crippen LogP contribution in [-0.2, 0) is 11.3 Å². The molecule has 0 bridgehead atoms. The standard InChI is InChI=1S/C8H13N3O/c1-5-8(9)6(2)11-7(10-5)4-12-3/h4,9H2,1-3H3. The summed E-state index contributed by atoms with van der Waals surface area (Å²) in [5, 5.41) is 0. The number of hydrogen-bond acceptors (Lipinski definition) is 4. The summed E-state index contributed by atoms with van der Waals surface area (Å²) in [6, 6.07) is 0. The second kappa shape index (κ2) is 3.49. The third-order valence-electron chi connectivity index (χ3n) is 1.65. The number of ether oxygens (including phenoxy) is 1. The van der Waals surface area contributed by atoms with E-state index in [9.17, 15) is 0 Å². The van der Waals surface area contributed by atoms with Gasteiger partial charge in [-0.15, -0.1) is 0 Å². The molecule has 2 N–H and O–H groups in total. The lowest BCUT2D eigenvalue weighted by molar-refractivity contribution is 0.177. The first-order chi connectivity index (χ1) is 5.65. The van der Waals surface area contributed by atoms with Crippen molar-refractivity contribution < 1.29 is 4.74 Å². The zero-order valence-electron chi connectivity index (χ0n) is 7.59. The van der Waals surface area contributed by atoms with Crippen molar-refractivity contribution in [2.75, 3.05) is 12.8 Å². The number of aromatic nitrogens is 2. The SMILES string of the molecule is COCc1nc(C)c(N)c(C)n1. The first-order valence-electron chi connectivity index (χ1n) is 3.73. The summed E-state index contributed by atoms with van der Waals surface area (Å²) in [5.74, 6) is 0.682. The van der Waals surface area contributed by atoms with Crippen molar-refractivity contribution in [3.05, 3.63) is 17.2 Å². The number of nitrogens with zero attached hydrogens (tertiary/aromatic N) is 2. The molecule has 0 aliphatic heterocycles. The average molecular weight is 167 g/mol. The first-order valence-corrected chi connectivity index (χ1v) is 3.73. The Balaban J connectivity index is 3.04. The predicted octanol–water partition coefficient (Wildman–Crippen LogP) is 0.822. The Hall–Kier alpha value is -1.16. The molecule has 0 aliphatic rings. The summed E-state index contributed by atoms with van der Waals surface area (Å²) in [5.41, 5.74) is 7.97. The fourth-order valence-corrected chi connectivity index (χ4v) is 0.988. The van der Waals surface area contributed by atoms with Gasteiger partial charge in [0.05, 0.1) is 17.1 Å². The summed E-state index contributed by atoms with van der Waals surface area (Å²) < 4.78 is 4.91. The molecule has 0 saturated heterocycles. The average Bonchev–Trinajstić information content (AvgIpc) is 2.01. The van der Waals surface area contributed by atoms with Crippen molar-refractivity contribution in [2.24, 2.45) is 0 Å². The fourth-order valence-electron chi connectivity index (χ4n) is 0.988. The highest BCUT2D eigenvalue weighted by Gasteiger charge is 2.03. The summed E-state index contributed by atoms with van der Waals surface area (Å²) in [6.07, 6.45) is 0. The van der Waals surface area contributed by atoms with Gasteiger partial charge in [0.15, 0.2) is 5.82 Å². The second-order valence-electron chi connectivity index (χ2n) is 2.66. The highest BCUT2D eigenvalue weighted by Crippen LogP contribution is 2.11. The van der Waals surface area contributed by atoms with E-state index in [-0.39, 0.29) is 0 Å². The number of methoxy groups -OCH3 is 1. The Labute approximate surface area is 71.8 Å². The molecule has 1 aromatic heterocycles. The van der Waals surface area contributed by atoms with Gasteiger partial charge < -0.3 is 10.5 Å². The topological polar surface area (TPSA) is 61.0 Å². The van der Waals surface area contributed by atoms with Crippen LogP contribution in [0.2, 0.25) is 0 Å².